The molecule has 5 rings (SSSR count). The normalized spacial score (nSPS) is 39.7. The van der Waals surface area contributed by atoms with Gasteiger partial charge in [-0.2, -0.15) is 0 Å². The Balaban J connectivity index is 1.65. The van der Waals surface area contributed by atoms with Crippen LogP contribution in [-0.4, -0.2) is 21.4 Å². The van der Waals surface area contributed by atoms with E-state index < -0.39 is 5.97 Å². The highest BCUT2D eigenvalue weighted by Crippen LogP contribution is 2.59. The van der Waals surface area contributed by atoms with E-state index in [1.165, 1.54) is 32.1 Å². The second kappa shape index (κ2) is 4.05. The highest BCUT2D eigenvalue weighted by atomic mass is 16.6. The van der Waals surface area contributed by atoms with Gasteiger partial charge in [0.1, 0.15) is 11.4 Å². The Morgan fingerprint density at radius 2 is 1.74 bits per heavy atom. The van der Waals surface area contributed by atoms with Gasteiger partial charge < -0.3 is 5.11 Å². The fraction of sp³-hybridized carbons (Fsp3) is 0.786. The summed E-state index contributed by atoms with van der Waals surface area (Å²) in [6, 6.07) is 0. The van der Waals surface area contributed by atoms with Gasteiger partial charge in [0, 0.05) is 5.92 Å². The van der Waals surface area contributed by atoms with Crippen LogP contribution in [-0.2, 0) is 11.2 Å². The summed E-state index contributed by atoms with van der Waals surface area (Å²) >= 11 is 0. The fourth-order valence-electron chi connectivity index (χ4n) is 5.10. The first-order chi connectivity index (χ1) is 9.20. The minimum Gasteiger partial charge on any atom is -0.481 e. The molecule has 1 N–H and O–H groups in total. The second-order valence-corrected chi connectivity index (χ2v) is 6.62. The van der Waals surface area contributed by atoms with Crippen molar-refractivity contribution in [2.75, 3.05) is 0 Å². The van der Waals surface area contributed by atoms with Crippen molar-refractivity contribution >= 4 is 5.97 Å². The number of carboxylic acids is 1. The average Bonchev–Trinajstić information content (AvgIpc) is 2.75. The molecule has 0 spiro atoms. The number of nitrogens with zero attached hydrogens (tertiary/aromatic N) is 2. The predicted octanol–water partition coefficient (Wildman–Crippen LogP) is 2.24. The zero-order chi connectivity index (χ0) is 13.0. The van der Waals surface area contributed by atoms with Crippen LogP contribution in [0, 0.1) is 23.7 Å². The van der Waals surface area contributed by atoms with Gasteiger partial charge in [0.25, 0.3) is 0 Å². The number of rotatable bonds is 3. The van der Waals surface area contributed by atoms with Crippen molar-refractivity contribution in [3.63, 3.8) is 0 Å². The van der Waals surface area contributed by atoms with Crippen molar-refractivity contribution in [3.05, 3.63) is 11.4 Å². The molecule has 1 aromatic rings. The Hall–Kier alpha value is -1.39. The smallest absolute Gasteiger partial charge is 0.309 e. The monoisotopic (exact) mass is 262 g/mol. The van der Waals surface area contributed by atoms with Crippen LogP contribution in [0.3, 0.4) is 0 Å². The summed E-state index contributed by atoms with van der Waals surface area (Å²) in [7, 11) is 0. The van der Waals surface area contributed by atoms with Crippen LogP contribution in [0.2, 0.25) is 0 Å². The summed E-state index contributed by atoms with van der Waals surface area (Å²) in [5, 5.41) is 16.8. The Morgan fingerprint density at radius 1 is 1.11 bits per heavy atom. The van der Waals surface area contributed by atoms with Crippen LogP contribution in [0.4, 0.5) is 0 Å². The van der Waals surface area contributed by atoms with Crippen LogP contribution >= 0.6 is 0 Å². The summed E-state index contributed by atoms with van der Waals surface area (Å²) < 4.78 is 4.84. The van der Waals surface area contributed by atoms with E-state index in [0.29, 0.717) is 23.4 Å². The van der Waals surface area contributed by atoms with Crippen LogP contribution in [0.5, 0.6) is 0 Å². The molecule has 4 aliphatic rings. The maximum atomic E-state index is 10.9. The third-order valence-electron chi connectivity index (χ3n) is 5.45. The number of carbonyl (C=O) groups is 1. The molecule has 1 heterocycles. The third-order valence-corrected chi connectivity index (χ3v) is 5.45. The van der Waals surface area contributed by atoms with E-state index in [1.54, 1.807) is 0 Å². The quantitative estimate of drug-likeness (QED) is 0.904. The maximum Gasteiger partial charge on any atom is 0.309 e. The van der Waals surface area contributed by atoms with Crippen molar-refractivity contribution in [1.82, 2.24) is 10.3 Å². The Morgan fingerprint density at radius 3 is 2.32 bits per heavy atom. The van der Waals surface area contributed by atoms with Crippen molar-refractivity contribution in [2.45, 2.75) is 44.4 Å². The average molecular weight is 262 g/mol. The van der Waals surface area contributed by atoms with Gasteiger partial charge >= 0.3 is 5.97 Å². The second-order valence-electron chi connectivity index (χ2n) is 6.62. The zero-order valence-corrected chi connectivity index (χ0v) is 10.8. The molecule has 4 bridgehead atoms. The predicted molar refractivity (Wildman–Crippen MR) is 65.4 cm³/mol. The molecule has 0 saturated heterocycles. The fourth-order valence-corrected chi connectivity index (χ4v) is 5.10. The summed E-state index contributed by atoms with van der Waals surface area (Å²) in [6.45, 7) is 0. The first-order valence-corrected chi connectivity index (χ1v) is 7.24. The molecule has 4 fully saturated rings. The molecule has 4 aliphatic carbocycles. The van der Waals surface area contributed by atoms with E-state index in [9.17, 15) is 4.79 Å². The maximum absolute atomic E-state index is 10.9. The van der Waals surface area contributed by atoms with Gasteiger partial charge in [-0.25, -0.2) is 4.63 Å². The summed E-state index contributed by atoms with van der Waals surface area (Å²) in [4.78, 5) is 10.9. The van der Waals surface area contributed by atoms with E-state index >= 15 is 0 Å². The van der Waals surface area contributed by atoms with E-state index in [-0.39, 0.29) is 6.42 Å². The molecule has 1 aromatic heterocycles. The Kier molecular flexibility index (Phi) is 2.44. The lowest BCUT2D eigenvalue weighted by atomic mass is 9.51. The van der Waals surface area contributed by atoms with Gasteiger partial charge in [-0.1, -0.05) is 10.3 Å². The Bertz CT molecular complexity index is 483. The van der Waals surface area contributed by atoms with Gasteiger partial charge in [-0.05, 0) is 55.8 Å². The topological polar surface area (TPSA) is 76.2 Å². The van der Waals surface area contributed by atoms with E-state index in [1.807, 2.05) is 0 Å². The standard InChI is InChI=1S/C14H18N2O3/c17-12(18)6-11-14(16-19-15-11)13-9-2-7-1-8(4-9)5-10(13)3-7/h7-10,13H,1-6H2,(H,17,18). The van der Waals surface area contributed by atoms with Crippen LogP contribution < -0.4 is 0 Å². The summed E-state index contributed by atoms with van der Waals surface area (Å²) in [6.07, 6.45) is 6.50. The van der Waals surface area contributed by atoms with E-state index in [0.717, 1.165) is 17.5 Å². The zero-order valence-electron chi connectivity index (χ0n) is 10.8. The molecule has 5 heteroatoms. The molecule has 102 valence electrons. The lowest BCUT2D eigenvalue weighted by Crippen LogP contribution is -2.44. The first-order valence-electron chi connectivity index (χ1n) is 7.24. The Labute approximate surface area is 111 Å². The van der Waals surface area contributed by atoms with E-state index in [4.69, 9.17) is 9.74 Å². The molecule has 0 aromatic carbocycles. The van der Waals surface area contributed by atoms with Gasteiger partial charge in [0.05, 0.1) is 6.42 Å². The van der Waals surface area contributed by atoms with E-state index in [2.05, 4.69) is 10.3 Å². The van der Waals surface area contributed by atoms with Crippen LogP contribution in [0.15, 0.2) is 4.63 Å². The molecular weight excluding hydrogens is 244 g/mol. The molecule has 0 radical (unpaired) electrons. The lowest BCUT2D eigenvalue weighted by Gasteiger charge is -2.53. The van der Waals surface area contributed by atoms with Gasteiger partial charge in [-0.15, -0.1) is 0 Å². The minimum atomic E-state index is -0.860. The van der Waals surface area contributed by atoms with Crippen molar-refractivity contribution in [2.24, 2.45) is 23.7 Å². The molecule has 0 amide bonds. The highest BCUT2D eigenvalue weighted by Gasteiger charge is 2.50. The molecule has 19 heavy (non-hydrogen) atoms. The molecule has 0 aliphatic heterocycles. The van der Waals surface area contributed by atoms with Gasteiger partial charge in [0.2, 0.25) is 0 Å². The summed E-state index contributed by atoms with van der Waals surface area (Å²) in [5.74, 6) is 2.70. The van der Waals surface area contributed by atoms with Crippen molar-refractivity contribution in [3.8, 4) is 0 Å². The molecular formula is C14H18N2O3. The third kappa shape index (κ3) is 1.78. The number of aliphatic carboxylic acids is 1. The van der Waals surface area contributed by atoms with Gasteiger partial charge in [-0.3, -0.25) is 4.79 Å². The molecule has 5 nitrogen and oxygen atoms in total. The minimum absolute atomic E-state index is 0.0678. The largest absolute Gasteiger partial charge is 0.481 e. The molecule has 0 atom stereocenters. The highest BCUT2D eigenvalue weighted by molar-refractivity contribution is 5.69. The molecule has 0 unspecified atom stereocenters. The van der Waals surface area contributed by atoms with Crippen LogP contribution in [0.25, 0.3) is 0 Å². The van der Waals surface area contributed by atoms with Gasteiger partial charge in [0.15, 0.2) is 0 Å². The van der Waals surface area contributed by atoms with Crippen LogP contribution in [0.1, 0.15) is 49.4 Å². The van der Waals surface area contributed by atoms with Crippen molar-refractivity contribution < 1.29 is 14.5 Å². The first kappa shape index (κ1) is 11.4. The summed E-state index contributed by atoms with van der Waals surface area (Å²) in [5.41, 5.74) is 1.39. The number of aromatic nitrogens is 2. The number of carboxylic acid groups (broad SMARTS) is 1. The lowest BCUT2D eigenvalue weighted by molar-refractivity contribution is -0.136. The molecule has 4 saturated carbocycles. The van der Waals surface area contributed by atoms with Crippen molar-refractivity contribution in [1.29, 1.82) is 0 Å². The number of hydrogen-bond donors (Lipinski definition) is 1. The SMILES string of the molecule is O=C(O)Cc1nonc1C1C2CC3CC(C2)CC1C3. The number of hydrogen-bond acceptors (Lipinski definition) is 4.